The molecule has 0 amide bonds. The van der Waals surface area contributed by atoms with Gasteiger partial charge in [-0.1, -0.05) is 0 Å². The first-order valence-corrected chi connectivity index (χ1v) is 3.63. The second kappa shape index (κ2) is 3.25. The molecule has 0 aromatic heterocycles. The fraction of sp³-hybridized carbons (Fsp3) is 1.00. The zero-order chi connectivity index (χ0) is 9.24. The van der Waals surface area contributed by atoms with E-state index in [1.54, 1.807) is 0 Å². The van der Waals surface area contributed by atoms with Gasteiger partial charge in [0.15, 0.2) is 11.6 Å². The smallest absolute Gasteiger partial charge is 0.199 e. The highest BCUT2D eigenvalue weighted by molar-refractivity contribution is 4.81. The molecule has 1 saturated carbocycles. The van der Waals surface area contributed by atoms with Crippen molar-refractivity contribution in [1.29, 1.82) is 0 Å². The lowest BCUT2D eigenvalue weighted by molar-refractivity contribution is -0.442. The van der Waals surface area contributed by atoms with E-state index >= 15 is 0 Å². The third-order valence-electron chi connectivity index (χ3n) is 2.15. The maximum absolute atomic E-state index is 9.29. The molecule has 1 fully saturated rings. The monoisotopic (exact) mass is 180 g/mol. The van der Waals surface area contributed by atoms with Gasteiger partial charge in [-0.3, -0.25) is 0 Å². The summed E-state index contributed by atoms with van der Waals surface area (Å²) < 4.78 is 0. The summed E-state index contributed by atoms with van der Waals surface area (Å²) in [7, 11) is 0. The van der Waals surface area contributed by atoms with Gasteiger partial charge in [0.05, 0.1) is 0 Å². The van der Waals surface area contributed by atoms with Gasteiger partial charge in [-0.05, 0) is 0 Å². The van der Waals surface area contributed by atoms with E-state index in [1.807, 2.05) is 0 Å². The molecular formula is C6H12O6. The van der Waals surface area contributed by atoms with Crippen LogP contribution >= 0.6 is 0 Å². The molecular weight excluding hydrogens is 168 g/mol. The minimum atomic E-state index is -1.62. The first kappa shape index (κ1) is 9.85. The van der Waals surface area contributed by atoms with Gasteiger partial charge in [0.1, 0.15) is 0 Å². The Hall–Kier alpha value is -0.240. The third-order valence-corrected chi connectivity index (χ3v) is 2.15. The van der Waals surface area contributed by atoms with Crippen LogP contribution in [0.4, 0.5) is 0 Å². The molecule has 1 aliphatic carbocycles. The number of rotatable bonds is 2. The summed E-state index contributed by atoms with van der Waals surface area (Å²) in [5, 5.41) is 35.1. The summed E-state index contributed by atoms with van der Waals surface area (Å²) in [5.74, 6) is -3.24. The van der Waals surface area contributed by atoms with Crippen molar-refractivity contribution in [3.8, 4) is 0 Å². The van der Waals surface area contributed by atoms with E-state index < -0.39 is 11.6 Å². The van der Waals surface area contributed by atoms with Crippen LogP contribution in [0.25, 0.3) is 0 Å². The average molecular weight is 180 g/mol. The van der Waals surface area contributed by atoms with Crippen molar-refractivity contribution in [3.05, 3.63) is 0 Å². The van der Waals surface area contributed by atoms with Crippen molar-refractivity contribution in [1.82, 2.24) is 0 Å². The van der Waals surface area contributed by atoms with Gasteiger partial charge >= 0.3 is 0 Å². The van der Waals surface area contributed by atoms with Crippen LogP contribution in [0.5, 0.6) is 0 Å². The highest BCUT2D eigenvalue weighted by atomic mass is 17.1. The Morgan fingerprint density at radius 1 is 0.750 bits per heavy atom. The van der Waals surface area contributed by atoms with Crippen LogP contribution in [0.3, 0.4) is 0 Å². The lowest BCUT2D eigenvalue weighted by atomic mass is 9.89. The maximum Gasteiger partial charge on any atom is 0.199 e. The lowest BCUT2D eigenvalue weighted by Crippen LogP contribution is -2.45. The van der Waals surface area contributed by atoms with Crippen LogP contribution in [-0.4, -0.2) is 32.3 Å². The second-order valence-electron chi connectivity index (χ2n) is 3.07. The molecule has 0 atom stereocenters. The second-order valence-corrected chi connectivity index (χ2v) is 3.07. The Bertz CT molecular complexity index is 132. The van der Waals surface area contributed by atoms with Gasteiger partial charge in [0.25, 0.3) is 0 Å². The van der Waals surface area contributed by atoms with Crippen LogP contribution in [-0.2, 0) is 9.78 Å². The van der Waals surface area contributed by atoms with Gasteiger partial charge < -0.3 is 10.2 Å². The molecule has 0 unspecified atom stereocenters. The number of hydrogen-bond donors (Lipinski definition) is 4. The minimum absolute atomic E-state index is 0.000556. The highest BCUT2D eigenvalue weighted by Gasteiger charge is 2.43. The molecule has 6 nitrogen and oxygen atoms in total. The van der Waals surface area contributed by atoms with Gasteiger partial charge in [-0.15, -0.1) is 0 Å². The van der Waals surface area contributed by atoms with E-state index in [0.29, 0.717) is 0 Å². The largest absolute Gasteiger partial charge is 0.363 e. The van der Waals surface area contributed by atoms with Crippen LogP contribution < -0.4 is 0 Å². The van der Waals surface area contributed by atoms with Crippen molar-refractivity contribution in [2.24, 2.45) is 0 Å². The van der Waals surface area contributed by atoms with Crippen LogP contribution in [0.15, 0.2) is 0 Å². The van der Waals surface area contributed by atoms with Gasteiger partial charge in [0.2, 0.25) is 0 Å². The van der Waals surface area contributed by atoms with E-state index in [0.717, 1.165) is 0 Å². The van der Waals surface area contributed by atoms with Crippen molar-refractivity contribution in [2.75, 3.05) is 0 Å². The Balaban J connectivity index is 2.49. The first-order valence-electron chi connectivity index (χ1n) is 3.63. The molecule has 4 N–H and O–H groups in total. The molecule has 12 heavy (non-hydrogen) atoms. The standard InChI is InChI=1S/C6H12O6/c7-5(11-9)1-2-6(8,12-10)4-3-5/h7-10H,1-4H2. The Labute approximate surface area is 68.8 Å². The molecule has 0 aromatic carbocycles. The quantitative estimate of drug-likeness (QED) is 0.269. The van der Waals surface area contributed by atoms with E-state index in [1.165, 1.54) is 0 Å². The van der Waals surface area contributed by atoms with Gasteiger partial charge in [0, 0.05) is 25.7 Å². The highest BCUT2D eigenvalue weighted by Crippen LogP contribution is 2.35. The number of hydrogen-bond acceptors (Lipinski definition) is 6. The molecule has 0 spiro atoms. The number of aliphatic hydroxyl groups is 2. The lowest BCUT2D eigenvalue weighted by Gasteiger charge is -2.36. The zero-order valence-corrected chi connectivity index (χ0v) is 6.43. The van der Waals surface area contributed by atoms with Crippen LogP contribution in [0.1, 0.15) is 25.7 Å². The summed E-state index contributed by atoms with van der Waals surface area (Å²) >= 11 is 0. The topological polar surface area (TPSA) is 99.4 Å². The minimum Gasteiger partial charge on any atom is -0.363 e. The molecule has 72 valence electrons. The molecule has 0 aliphatic heterocycles. The molecule has 1 rings (SSSR count). The summed E-state index contributed by atoms with van der Waals surface area (Å²) in [6, 6.07) is 0. The first-order chi connectivity index (χ1) is 5.54. The Morgan fingerprint density at radius 2 is 1.00 bits per heavy atom. The molecule has 0 bridgehead atoms. The predicted octanol–water partition coefficient (Wildman–Crippen LogP) is -0.0832. The van der Waals surface area contributed by atoms with Crippen LogP contribution in [0.2, 0.25) is 0 Å². The maximum atomic E-state index is 9.29. The fourth-order valence-electron chi connectivity index (χ4n) is 1.21. The van der Waals surface area contributed by atoms with E-state index in [2.05, 4.69) is 9.78 Å². The Kier molecular flexibility index (Phi) is 2.67. The van der Waals surface area contributed by atoms with Gasteiger partial charge in [-0.2, -0.15) is 0 Å². The van der Waals surface area contributed by atoms with Crippen LogP contribution in [0, 0.1) is 0 Å². The van der Waals surface area contributed by atoms with E-state index in [-0.39, 0.29) is 25.7 Å². The normalized spacial score (nSPS) is 43.0. The zero-order valence-electron chi connectivity index (χ0n) is 6.43. The molecule has 1 aliphatic rings. The SMILES string of the molecule is OOC1(O)CCC(O)(OO)CC1. The molecule has 0 aromatic rings. The van der Waals surface area contributed by atoms with E-state index in [9.17, 15) is 10.2 Å². The van der Waals surface area contributed by atoms with E-state index in [4.69, 9.17) is 10.5 Å². The molecule has 6 heteroatoms. The predicted molar refractivity (Wildman–Crippen MR) is 35.8 cm³/mol. The summed E-state index contributed by atoms with van der Waals surface area (Å²) in [6.45, 7) is 0. The molecule has 0 saturated heterocycles. The third kappa shape index (κ3) is 1.92. The molecule has 0 heterocycles. The van der Waals surface area contributed by atoms with Crippen molar-refractivity contribution < 1.29 is 30.5 Å². The summed E-state index contributed by atoms with van der Waals surface area (Å²) in [4.78, 5) is 7.65. The van der Waals surface area contributed by atoms with Crippen molar-refractivity contribution >= 4 is 0 Å². The van der Waals surface area contributed by atoms with Crippen molar-refractivity contribution in [2.45, 2.75) is 37.3 Å². The fourth-order valence-corrected chi connectivity index (χ4v) is 1.21. The molecule has 0 radical (unpaired) electrons. The van der Waals surface area contributed by atoms with Crippen molar-refractivity contribution in [3.63, 3.8) is 0 Å². The Morgan fingerprint density at radius 3 is 1.17 bits per heavy atom. The van der Waals surface area contributed by atoms with Gasteiger partial charge in [-0.25, -0.2) is 20.3 Å². The summed E-state index contributed by atoms with van der Waals surface area (Å²) in [6.07, 6.45) is 0.00222. The average Bonchev–Trinajstić information content (AvgIpc) is 2.11. The summed E-state index contributed by atoms with van der Waals surface area (Å²) in [5.41, 5.74) is 0.